The first kappa shape index (κ1) is 23.4. The van der Waals surface area contributed by atoms with Gasteiger partial charge in [0, 0.05) is 31.9 Å². The van der Waals surface area contributed by atoms with Gasteiger partial charge in [0.15, 0.2) is 11.5 Å². The minimum Gasteiger partial charge on any atom is -0.504 e. The van der Waals surface area contributed by atoms with Crippen LogP contribution in [0.2, 0.25) is 0 Å². The molecular weight excluding hydrogens is 557 g/mol. The van der Waals surface area contributed by atoms with Crippen molar-refractivity contribution in [2.45, 2.75) is 0 Å². The van der Waals surface area contributed by atoms with Gasteiger partial charge in [0.25, 0.3) is 11.1 Å². The van der Waals surface area contributed by atoms with Gasteiger partial charge in [-0.2, -0.15) is 0 Å². The van der Waals surface area contributed by atoms with Crippen LogP contribution in [0.3, 0.4) is 0 Å². The molecule has 8 nitrogen and oxygen atoms in total. The van der Waals surface area contributed by atoms with Gasteiger partial charge in [0.05, 0.1) is 15.6 Å². The number of carbonyl (C=O) groups is 3. The predicted octanol–water partition coefficient (Wildman–Crippen LogP) is 3.39. The third kappa shape index (κ3) is 5.11. The zero-order valence-corrected chi connectivity index (χ0v) is 20.8. The van der Waals surface area contributed by atoms with Gasteiger partial charge in [-0.15, -0.1) is 0 Å². The van der Waals surface area contributed by atoms with Gasteiger partial charge in [-0.3, -0.25) is 19.3 Å². The molecule has 10 heteroatoms. The number of phenolic OH excluding ortho intramolecular Hbond substituents is 1. The van der Waals surface area contributed by atoms with E-state index in [-0.39, 0.29) is 28.9 Å². The maximum absolute atomic E-state index is 12.8. The minimum absolute atomic E-state index is 0.0151. The predicted molar refractivity (Wildman–Crippen MR) is 135 cm³/mol. The van der Waals surface area contributed by atoms with Crippen LogP contribution < -0.4 is 9.64 Å². The molecule has 0 aromatic heterocycles. The molecule has 0 bridgehead atoms. The standard InChI is InChI=1S/C23H22IN3O5S/c1-32-18-12-15(11-17(24)21(18)29)13-19-22(30)27(23(31)33-19)14-20(28)26-9-7-25(8-10-26)16-5-3-2-4-6-16/h2-6,11-13,29H,7-10,14H2,1H3/b19-13+. The molecule has 0 spiro atoms. The van der Waals surface area contributed by atoms with Crippen molar-refractivity contribution in [3.05, 3.63) is 56.5 Å². The van der Waals surface area contributed by atoms with Crippen molar-refractivity contribution in [2.24, 2.45) is 0 Å². The fourth-order valence-corrected chi connectivity index (χ4v) is 5.17. The smallest absolute Gasteiger partial charge is 0.294 e. The topological polar surface area (TPSA) is 90.4 Å². The number of anilines is 1. The van der Waals surface area contributed by atoms with E-state index in [0.717, 1.165) is 22.3 Å². The van der Waals surface area contributed by atoms with Crippen LogP contribution in [0, 0.1) is 3.57 Å². The van der Waals surface area contributed by atoms with E-state index in [1.165, 1.54) is 7.11 Å². The minimum atomic E-state index is -0.497. The molecule has 2 aromatic rings. The first-order valence-corrected chi connectivity index (χ1v) is 12.2. The lowest BCUT2D eigenvalue weighted by atomic mass is 10.2. The lowest BCUT2D eigenvalue weighted by Crippen LogP contribution is -2.51. The fraction of sp³-hybridized carbons (Fsp3) is 0.261. The molecule has 0 saturated carbocycles. The molecule has 2 aliphatic heterocycles. The lowest BCUT2D eigenvalue weighted by Gasteiger charge is -2.36. The number of para-hydroxylation sites is 1. The first-order valence-electron chi connectivity index (χ1n) is 10.3. The lowest BCUT2D eigenvalue weighted by molar-refractivity contribution is -0.136. The highest BCUT2D eigenvalue weighted by molar-refractivity contribution is 14.1. The number of piperazine rings is 1. The number of hydrogen-bond acceptors (Lipinski definition) is 7. The van der Waals surface area contributed by atoms with Crippen molar-refractivity contribution in [3.63, 3.8) is 0 Å². The summed E-state index contributed by atoms with van der Waals surface area (Å²) in [5.41, 5.74) is 1.73. The van der Waals surface area contributed by atoms with Crippen LogP contribution in [0.1, 0.15) is 5.56 Å². The van der Waals surface area contributed by atoms with Gasteiger partial charge < -0.3 is 19.6 Å². The third-order valence-corrected chi connectivity index (χ3v) is 7.22. The van der Waals surface area contributed by atoms with Crippen LogP contribution >= 0.6 is 34.4 Å². The number of nitrogens with zero attached hydrogens (tertiary/aromatic N) is 3. The molecule has 2 fully saturated rings. The van der Waals surface area contributed by atoms with Crippen molar-refractivity contribution in [2.75, 3.05) is 44.7 Å². The summed E-state index contributed by atoms with van der Waals surface area (Å²) in [5.74, 6) is -0.450. The molecule has 0 radical (unpaired) electrons. The number of phenols is 1. The summed E-state index contributed by atoms with van der Waals surface area (Å²) in [7, 11) is 1.44. The molecule has 33 heavy (non-hydrogen) atoms. The Balaban J connectivity index is 1.40. The summed E-state index contributed by atoms with van der Waals surface area (Å²) in [6.45, 7) is 2.18. The van der Waals surface area contributed by atoms with E-state index in [9.17, 15) is 19.5 Å². The Bertz CT molecular complexity index is 1120. The number of benzene rings is 2. The maximum Gasteiger partial charge on any atom is 0.294 e. The van der Waals surface area contributed by atoms with Crippen molar-refractivity contribution < 1.29 is 24.2 Å². The zero-order valence-electron chi connectivity index (χ0n) is 17.9. The van der Waals surface area contributed by atoms with Gasteiger partial charge in [0.1, 0.15) is 6.54 Å². The summed E-state index contributed by atoms with van der Waals surface area (Å²) in [6, 6.07) is 13.3. The second-order valence-electron chi connectivity index (χ2n) is 7.52. The molecule has 0 aliphatic carbocycles. The molecule has 2 aliphatic rings. The Kier molecular flexibility index (Phi) is 7.13. The zero-order chi connectivity index (χ0) is 23.5. The van der Waals surface area contributed by atoms with Crippen LogP contribution in [0.5, 0.6) is 11.5 Å². The molecule has 3 amide bonds. The Morgan fingerprint density at radius 1 is 1.15 bits per heavy atom. The van der Waals surface area contributed by atoms with Crippen LogP contribution in [0.4, 0.5) is 10.5 Å². The van der Waals surface area contributed by atoms with Crippen molar-refractivity contribution >= 4 is 63.2 Å². The fourth-order valence-electron chi connectivity index (χ4n) is 3.71. The van der Waals surface area contributed by atoms with Crippen LogP contribution in [-0.4, -0.2) is 71.8 Å². The highest BCUT2D eigenvalue weighted by Gasteiger charge is 2.37. The van der Waals surface area contributed by atoms with Crippen LogP contribution in [0.15, 0.2) is 47.4 Å². The molecular formula is C23H22IN3O5S. The van der Waals surface area contributed by atoms with Gasteiger partial charge >= 0.3 is 0 Å². The molecule has 172 valence electrons. The van der Waals surface area contributed by atoms with Crippen molar-refractivity contribution in [1.82, 2.24) is 9.80 Å². The van der Waals surface area contributed by atoms with E-state index in [1.807, 2.05) is 52.9 Å². The second kappa shape index (κ2) is 10.0. The normalized spacial score (nSPS) is 17.8. The molecule has 4 rings (SSSR count). The SMILES string of the molecule is COc1cc(/C=C2/SC(=O)N(CC(=O)N3CCN(c4ccccc4)CC3)C2=O)cc(I)c1O. The largest absolute Gasteiger partial charge is 0.504 e. The number of imide groups is 1. The summed E-state index contributed by atoms with van der Waals surface area (Å²) in [5, 5.41) is 9.52. The number of methoxy groups -OCH3 is 1. The molecule has 1 N–H and O–H groups in total. The van der Waals surface area contributed by atoms with Gasteiger partial charge in [-0.1, -0.05) is 18.2 Å². The number of aromatic hydroxyl groups is 1. The highest BCUT2D eigenvalue weighted by Crippen LogP contribution is 2.36. The Labute approximate surface area is 209 Å². The summed E-state index contributed by atoms with van der Waals surface area (Å²) in [6.07, 6.45) is 1.57. The number of ether oxygens (including phenoxy) is 1. The van der Waals surface area contributed by atoms with E-state index < -0.39 is 11.1 Å². The van der Waals surface area contributed by atoms with E-state index in [1.54, 1.807) is 23.1 Å². The van der Waals surface area contributed by atoms with Gasteiger partial charge in [-0.25, -0.2) is 0 Å². The summed E-state index contributed by atoms with van der Waals surface area (Å²) >= 11 is 2.76. The summed E-state index contributed by atoms with van der Waals surface area (Å²) < 4.78 is 5.71. The van der Waals surface area contributed by atoms with E-state index in [4.69, 9.17) is 4.74 Å². The number of carbonyl (C=O) groups excluding carboxylic acids is 3. The van der Waals surface area contributed by atoms with Crippen molar-refractivity contribution in [3.8, 4) is 11.5 Å². The van der Waals surface area contributed by atoms with Crippen LogP contribution in [-0.2, 0) is 9.59 Å². The second-order valence-corrected chi connectivity index (χ2v) is 9.68. The number of rotatable bonds is 5. The summed E-state index contributed by atoms with van der Waals surface area (Å²) in [4.78, 5) is 43.2. The molecule has 2 heterocycles. The van der Waals surface area contributed by atoms with Crippen LogP contribution in [0.25, 0.3) is 6.08 Å². The highest BCUT2D eigenvalue weighted by atomic mass is 127. The van der Waals surface area contributed by atoms with Gasteiger partial charge in [-0.05, 0) is 70.3 Å². The maximum atomic E-state index is 12.8. The number of hydrogen-bond donors (Lipinski definition) is 1. The van der Waals surface area contributed by atoms with Crippen molar-refractivity contribution in [1.29, 1.82) is 0 Å². The van der Waals surface area contributed by atoms with E-state index in [2.05, 4.69) is 4.90 Å². The average molecular weight is 579 g/mol. The molecule has 0 atom stereocenters. The van der Waals surface area contributed by atoms with E-state index >= 15 is 0 Å². The molecule has 2 aromatic carbocycles. The number of thioether (sulfide) groups is 1. The monoisotopic (exact) mass is 579 g/mol. The quantitative estimate of drug-likeness (QED) is 0.429. The van der Waals surface area contributed by atoms with E-state index in [0.29, 0.717) is 35.3 Å². The molecule has 0 unspecified atom stereocenters. The number of halogens is 1. The Morgan fingerprint density at radius 3 is 2.52 bits per heavy atom. The third-order valence-electron chi connectivity index (χ3n) is 5.49. The van der Waals surface area contributed by atoms with Gasteiger partial charge in [0.2, 0.25) is 5.91 Å². The molecule has 2 saturated heterocycles. The first-order chi connectivity index (χ1) is 15.9. The number of amides is 3. The average Bonchev–Trinajstić information content (AvgIpc) is 3.09. The Morgan fingerprint density at radius 2 is 1.85 bits per heavy atom. The Hall–Kier alpha value is -2.73.